The Balaban J connectivity index is 3.82. The zero-order valence-corrected chi connectivity index (χ0v) is 18.9. The molecule has 0 aromatic carbocycles. The Morgan fingerprint density at radius 1 is 0.786 bits per heavy atom. The summed E-state index contributed by atoms with van der Waals surface area (Å²) >= 11 is 3.60. The van der Waals surface area contributed by atoms with Crippen molar-refractivity contribution in [2.45, 2.75) is 108 Å². The zero-order chi connectivity index (χ0) is 21.4. The molecule has 0 aliphatic carbocycles. The molecule has 0 saturated carbocycles. The lowest BCUT2D eigenvalue weighted by Gasteiger charge is -2.18. The predicted octanol–water partition coefficient (Wildman–Crippen LogP) is 5.27. The van der Waals surface area contributed by atoms with Gasteiger partial charge in [-0.25, -0.2) is 0 Å². The van der Waals surface area contributed by atoms with E-state index in [0.717, 1.165) is 25.7 Å². The van der Waals surface area contributed by atoms with Crippen LogP contribution in [0.1, 0.15) is 103 Å². The van der Waals surface area contributed by atoms with Crippen LogP contribution in [0.5, 0.6) is 0 Å². The molecule has 0 radical (unpaired) electrons. The molecular weight excluding hydrogens is 400 g/mol. The number of unbranched alkanes of at least 4 members (excludes halogenated alkanes) is 13. The molecule has 28 heavy (non-hydrogen) atoms. The number of carbonyl (C=O) groups excluding carboxylic acids is 1. The minimum absolute atomic E-state index is 0.0944. The third kappa shape index (κ3) is 13.6. The first-order valence-electron chi connectivity index (χ1n) is 10.6. The van der Waals surface area contributed by atoms with E-state index in [-0.39, 0.29) is 6.42 Å². The summed E-state index contributed by atoms with van der Waals surface area (Å²) < 4.78 is 31.6. The molecule has 0 aliphatic heterocycles. The van der Waals surface area contributed by atoms with Crippen molar-refractivity contribution in [2.24, 2.45) is 5.92 Å². The summed E-state index contributed by atoms with van der Waals surface area (Å²) in [4.78, 5) is 22.6. The lowest BCUT2D eigenvalue weighted by Crippen LogP contribution is -2.39. The molecule has 0 bridgehead atoms. The molecule has 166 valence electrons. The molecule has 0 aromatic heterocycles. The zero-order valence-electron chi connectivity index (χ0n) is 17.1. The highest BCUT2D eigenvalue weighted by Gasteiger charge is 2.41. The SMILES string of the molecule is CCCCCCCCCCCCCCCCC(C(=O)S)C(C(=O)O)S(=O)(=O)O. The maximum Gasteiger partial charge on any atom is 0.325 e. The minimum atomic E-state index is -4.85. The van der Waals surface area contributed by atoms with Crippen molar-refractivity contribution in [3.8, 4) is 0 Å². The molecular formula is C20H38O6S2. The van der Waals surface area contributed by atoms with E-state index in [2.05, 4.69) is 19.6 Å². The number of carboxylic acids is 1. The average molecular weight is 439 g/mol. The third-order valence-electron chi connectivity index (χ3n) is 5.12. The van der Waals surface area contributed by atoms with Crippen molar-refractivity contribution in [3.05, 3.63) is 0 Å². The van der Waals surface area contributed by atoms with Crippen LogP contribution in [-0.2, 0) is 19.7 Å². The van der Waals surface area contributed by atoms with E-state index in [1.54, 1.807) is 0 Å². The van der Waals surface area contributed by atoms with Gasteiger partial charge in [-0.1, -0.05) is 96.8 Å². The molecule has 0 saturated heterocycles. The van der Waals surface area contributed by atoms with Crippen LogP contribution in [0.15, 0.2) is 0 Å². The Bertz CT molecular complexity index is 533. The summed E-state index contributed by atoms with van der Waals surface area (Å²) in [6.07, 6.45) is 16.4. The quantitative estimate of drug-likeness (QED) is 0.144. The Labute approximate surface area is 176 Å². The molecule has 2 atom stereocenters. The van der Waals surface area contributed by atoms with E-state index in [1.165, 1.54) is 57.8 Å². The number of thiol groups is 1. The lowest BCUT2D eigenvalue weighted by molar-refractivity contribution is -0.139. The van der Waals surface area contributed by atoms with Crippen LogP contribution < -0.4 is 0 Å². The van der Waals surface area contributed by atoms with Gasteiger partial charge in [0.05, 0.1) is 5.92 Å². The van der Waals surface area contributed by atoms with Gasteiger partial charge in [-0.3, -0.25) is 14.1 Å². The first kappa shape index (κ1) is 27.4. The van der Waals surface area contributed by atoms with Crippen LogP contribution >= 0.6 is 12.6 Å². The van der Waals surface area contributed by atoms with Gasteiger partial charge in [0.15, 0.2) is 10.4 Å². The third-order valence-corrected chi connectivity index (χ3v) is 6.62. The van der Waals surface area contributed by atoms with Gasteiger partial charge < -0.3 is 5.11 Å². The molecule has 0 amide bonds. The van der Waals surface area contributed by atoms with E-state index < -0.39 is 32.4 Å². The van der Waals surface area contributed by atoms with Crippen molar-refractivity contribution in [1.29, 1.82) is 0 Å². The Morgan fingerprint density at radius 3 is 1.43 bits per heavy atom. The van der Waals surface area contributed by atoms with Crippen LogP contribution in [0.4, 0.5) is 0 Å². The molecule has 6 nitrogen and oxygen atoms in total. The van der Waals surface area contributed by atoms with E-state index >= 15 is 0 Å². The fraction of sp³-hybridized carbons (Fsp3) is 0.900. The van der Waals surface area contributed by atoms with Crippen molar-refractivity contribution in [2.75, 3.05) is 0 Å². The molecule has 0 aliphatic rings. The standard InChI is InChI=1S/C20H38O6S2/c1-2-3-4-5-6-7-8-9-10-11-12-13-14-15-16-17(20(23)27)18(19(21)22)28(24,25)26/h17-18H,2-16H2,1H3,(H,21,22)(H,23,27)(H,24,25,26). The van der Waals surface area contributed by atoms with E-state index in [4.69, 9.17) is 9.66 Å². The lowest BCUT2D eigenvalue weighted by atomic mass is 9.97. The number of carbonyl (C=O) groups is 2. The highest BCUT2D eigenvalue weighted by Crippen LogP contribution is 2.23. The molecule has 2 unspecified atom stereocenters. The second kappa shape index (κ2) is 16.2. The minimum Gasteiger partial charge on any atom is -0.480 e. The highest BCUT2D eigenvalue weighted by molar-refractivity contribution is 7.96. The van der Waals surface area contributed by atoms with E-state index in [0.29, 0.717) is 6.42 Å². The summed E-state index contributed by atoms with van der Waals surface area (Å²) in [5, 5.41) is 6.06. The van der Waals surface area contributed by atoms with E-state index in [9.17, 15) is 18.0 Å². The van der Waals surface area contributed by atoms with Gasteiger partial charge in [0.2, 0.25) is 0 Å². The number of aliphatic carboxylic acids is 1. The summed E-state index contributed by atoms with van der Waals surface area (Å²) in [5.74, 6) is -3.05. The molecule has 0 aromatic rings. The number of rotatable bonds is 19. The molecule has 0 fully saturated rings. The number of hydrogen-bond acceptors (Lipinski definition) is 4. The largest absolute Gasteiger partial charge is 0.480 e. The fourth-order valence-electron chi connectivity index (χ4n) is 3.47. The van der Waals surface area contributed by atoms with Gasteiger partial charge in [0.1, 0.15) is 0 Å². The smallest absolute Gasteiger partial charge is 0.325 e. The maximum absolute atomic E-state index is 11.5. The topological polar surface area (TPSA) is 109 Å². The summed E-state index contributed by atoms with van der Waals surface area (Å²) in [7, 11) is -4.85. The highest BCUT2D eigenvalue weighted by atomic mass is 32.2. The van der Waals surface area contributed by atoms with Crippen LogP contribution in [0, 0.1) is 5.92 Å². The molecule has 2 N–H and O–H groups in total. The molecule has 0 spiro atoms. The monoisotopic (exact) mass is 438 g/mol. The molecule has 0 rings (SSSR count). The fourth-order valence-corrected chi connectivity index (χ4v) is 4.78. The van der Waals surface area contributed by atoms with Crippen molar-refractivity contribution in [3.63, 3.8) is 0 Å². The summed E-state index contributed by atoms with van der Waals surface area (Å²) in [6, 6.07) is 0. The van der Waals surface area contributed by atoms with Gasteiger partial charge >= 0.3 is 5.97 Å². The van der Waals surface area contributed by atoms with Crippen molar-refractivity contribution < 1.29 is 27.7 Å². The Kier molecular flexibility index (Phi) is 15.9. The normalized spacial score (nSPS) is 14.0. The summed E-state index contributed by atoms with van der Waals surface area (Å²) in [5.41, 5.74) is 0. The molecule has 0 heterocycles. The second-order valence-electron chi connectivity index (χ2n) is 7.60. The van der Waals surface area contributed by atoms with Crippen molar-refractivity contribution in [1.82, 2.24) is 0 Å². The van der Waals surface area contributed by atoms with Gasteiger partial charge in [0, 0.05) is 0 Å². The first-order chi connectivity index (χ1) is 13.2. The number of hydrogen-bond donors (Lipinski definition) is 3. The van der Waals surface area contributed by atoms with Crippen molar-refractivity contribution >= 4 is 33.8 Å². The first-order valence-corrected chi connectivity index (χ1v) is 12.6. The Hall–Kier alpha value is -0.600. The van der Waals surface area contributed by atoms with Crippen LogP contribution in [0.25, 0.3) is 0 Å². The second-order valence-corrected chi connectivity index (χ2v) is 9.58. The van der Waals surface area contributed by atoms with E-state index in [1.807, 2.05) is 0 Å². The van der Waals surface area contributed by atoms with Gasteiger partial charge in [-0.2, -0.15) is 8.42 Å². The average Bonchev–Trinajstić information content (AvgIpc) is 2.59. The van der Waals surface area contributed by atoms with Crippen LogP contribution in [0.3, 0.4) is 0 Å². The van der Waals surface area contributed by atoms with Gasteiger partial charge in [-0.15, -0.1) is 12.6 Å². The Morgan fingerprint density at radius 2 is 1.14 bits per heavy atom. The van der Waals surface area contributed by atoms with Gasteiger partial charge in [-0.05, 0) is 6.42 Å². The van der Waals surface area contributed by atoms with Crippen LogP contribution in [0.2, 0.25) is 0 Å². The molecule has 8 heteroatoms. The van der Waals surface area contributed by atoms with Crippen LogP contribution in [-0.4, -0.2) is 34.4 Å². The number of carboxylic acid groups (broad SMARTS) is 1. The maximum atomic E-state index is 11.5. The summed E-state index contributed by atoms with van der Waals surface area (Å²) in [6.45, 7) is 2.23. The predicted molar refractivity (Wildman–Crippen MR) is 115 cm³/mol. The van der Waals surface area contributed by atoms with Gasteiger partial charge in [0.25, 0.3) is 10.1 Å².